The zero-order valence-electron chi connectivity index (χ0n) is 22.3. The molecule has 0 fully saturated rings. The Morgan fingerprint density at radius 2 is 1.54 bits per heavy atom. The Morgan fingerprint density at radius 1 is 0.923 bits per heavy atom. The summed E-state index contributed by atoms with van der Waals surface area (Å²) in [5.41, 5.74) is 3.99. The molecule has 3 heterocycles. The van der Waals surface area contributed by atoms with Crippen LogP contribution in [0.3, 0.4) is 0 Å². The number of rotatable bonds is 6. The minimum absolute atomic E-state index is 0.00469. The number of hydrogen-bond donors (Lipinski definition) is 0. The SMILES string of the molecule is CCN(CC)c1nc2sc3c(c2c(=O)n1-c1ccc(F)cc1)CC(c1ccccc1)N(C)C3c1ccccc1. The van der Waals surface area contributed by atoms with Crippen molar-refractivity contribution < 1.29 is 4.39 Å². The van der Waals surface area contributed by atoms with Gasteiger partial charge in [0, 0.05) is 24.0 Å². The van der Waals surface area contributed by atoms with Gasteiger partial charge >= 0.3 is 0 Å². The van der Waals surface area contributed by atoms with E-state index in [0.717, 1.165) is 15.3 Å². The molecule has 7 heteroatoms. The summed E-state index contributed by atoms with van der Waals surface area (Å²) in [5, 5.41) is 0.671. The predicted molar refractivity (Wildman–Crippen MR) is 158 cm³/mol. The third-order valence-corrected chi connectivity index (χ3v) is 8.99. The topological polar surface area (TPSA) is 41.4 Å². The number of halogens is 1. The van der Waals surface area contributed by atoms with Crippen LogP contribution in [0, 0.1) is 5.82 Å². The molecular formula is C32H31FN4OS. The lowest BCUT2D eigenvalue weighted by Crippen LogP contribution is -2.36. The molecule has 1 aliphatic heterocycles. The Balaban J connectivity index is 1.65. The average molecular weight is 539 g/mol. The largest absolute Gasteiger partial charge is 0.342 e. The molecule has 5 aromatic rings. The highest BCUT2D eigenvalue weighted by molar-refractivity contribution is 7.19. The van der Waals surface area contributed by atoms with Crippen molar-refractivity contribution in [3.8, 4) is 5.69 Å². The first-order valence-corrected chi connectivity index (χ1v) is 14.2. The van der Waals surface area contributed by atoms with Crippen LogP contribution in [0.2, 0.25) is 0 Å². The van der Waals surface area contributed by atoms with Crippen LogP contribution in [0.25, 0.3) is 15.9 Å². The second-order valence-electron chi connectivity index (χ2n) is 9.94. The van der Waals surface area contributed by atoms with E-state index in [-0.39, 0.29) is 23.5 Å². The molecule has 2 aromatic heterocycles. The van der Waals surface area contributed by atoms with Gasteiger partial charge < -0.3 is 4.90 Å². The summed E-state index contributed by atoms with van der Waals surface area (Å²) in [5.74, 6) is 0.254. The molecule has 0 amide bonds. The molecule has 2 atom stereocenters. The minimum atomic E-state index is -0.336. The maximum absolute atomic E-state index is 14.5. The summed E-state index contributed by atoms with van der Waals surface area (Å²) in [6.07, 6.45) is 0.712. The maximum Gasteiger partial charge on any atom is 0.268 e. The number of likely N-dealkylation sites (N-methyl/N-ethyl adjacent to an activating group) is 1. The molecule has 0 saturated carbocycles. The zero-order chi connectivity index (χ0) is 27.1. The van der Waals surface area contributed by atoms with E-state index in [9.17, 15) is 9.18 Å². The Hall–Kier alpha value is -3.81. The molecule has 39 heavy (non-hydrogen) atoms. The Labute approximate surface area is 231 Å². The molecule has 0 aliphatic carbocycles. The van der Waals surface area contributed by atoms with E-state index in [0.29, 0.717) is 36.5 Å². The number of benzene rings is 3. The molecule has 2 unspecified atom stereocenters. The van der Waals surface area contributed by atoms with Gasteiger partial charge in [0.1, 0.15) is 10.6 Å². The average Bonchev–Trinajstić information content (AvgIpc) is 3.33. The van der Waals surface area contributed by atoms with Crippen molar-refractivity contribution in [2.75, 3.05) is 25.0 Å². The fraction of sp³-hybridized carbons (Fsp3) is 0.250. The van der Waals surface area contributed by atoms with Gasteiger partial charge in [0.2, 0.25) is 5.95 Å². The fourth-order valence-electron chi connectivity index (χ4n) is 5.83. The van der Waals surface area contributed by atoms with Gasteiger partial charge in [0.05, 0.1) is 17.1 Å². The number of anilines is 1. The van der Waals surface area contributed by atoms with Crippen LogP contribution < -0.4 is 10.5 Å². The van der Waals surface area contributed by atoms with E-state index >= 15 is 0 Å². The molecule has 0 bridgehead atoms. The van der Waals surface area contributed by atoms with Gasteiger partial charge in [-0.3, -0.25) is 9.69 Å². The third-order valence-electron chi connectivity index (χ3n) is 7.81. The van der Waals surface area contributed by atoms with Gasteiger partial charge in [-0.2, -0.15) is 0 Å². The van der Waals surface area contributed by atoms with Gasteiger partial charge in [-0.25, -0.2) is 13.9 Å². The normalized spacial score (nSPS) is 17.3. The second kappa shape index (κ2) is 10.4. The summed E-state index contributed by atoms with van der Waals surface area (Å²) >= 11 is 1.62. The molecule has 5 nitrogen and oxygen atoms in total. The molecule has 0 N–H and O–H groups in total. The van der Waals surface area contributed by atoms with Gasteiger partial charge in [-0.05, 0) is 68.3 Å². The van der Waals surface area contributed by atoms with E-state index in [1.54, 1.807) is 28.0 Å². The highest BCUT2D eigenvalue weighted by Gasteiger charge is 2.38. The van der Waals surface area contributed by atoms with Gasteiger partial charge in [-0.1, -0.05) is 60.7 Å². The summed E-state index contributed by atoms with van der Waals surface area (Å²) in [6.45, 7) is 5.51. The fourth-order valence-corrected chi connectivity index (χ4v) is 7.20. The summed E-state index contributed by atoms with van der Waals surface area (Å²) in [6, 6.07) is 27.2. The Morgan fingerprint density at radius 3 is 2.15 bits per heavy atom. The van der Waals surface area contributed by atoms with Crippen molar-refractivity contribution >= 4 is 27.5 Å². The summed E-state index contributed by atoms with van der Waals surface area (Å²) < 4.78 is 15.5. The summed E-state index contributed by atoms with van der Waals surface area (Å²) in [7, 11) is 2.17. The van der Waals surface area contributed by atoms with E-state index < -0.39 is 0 Å². The van der Waals surface area contributed by atoms with Crippen LogP contribution in [0.15, 0.2) is 89.7 Å². The maximum atomic E-state index is 14.5. The lowest BCUT2D eigenvalue weighted by Gasteiger charge is -2.40. The standard InChI is InChI=1S/C32H31FN4OS/c1-4-36(5-2)32-34-30-27(31(38)37(32)24-18-16-23(33)17-19-24)25-20-26(21-12-8-6-9-13-21)35(3)28(29(25)39-30)22-14-10-7-11-15-22/h6-19,26,28H,4-5,20H2,1-3H3. The minimum Gasteiger partial charge on any atom is -0.342 e. The van der Waals surface area contributed by atoms with E-state index in [1.807, 2.05) is 12.1 Å². The zero-order valence-corrected chi connectivity index (χ0v) is 23.2. The number of aromatic nitrogens is 2. The molecule has 3 aromatic carbocycles. The summed E-state index contributed by atoms with van der Waals surface area (Å²) in [4.78, 5) is 26.0. The molecule has 198 valence electrons. The van der Waals surface area contributed by atoms with E-state index in [4.69, 9.17) is 4.98 Å². The van der Waals surface area contributed by atoms with Crippen LogP contribution in [-0.2, 0) is 6.42 Å². The number of hydrogen-bond acceptors (Lipinski definition) is 5. The van der Waals surface area contributed by atoms with Crippen LogP contribution in [0.4, 0.5) is 10.3 Å². The van der Waals surface area contributed by atoms with E-state index in [1.165, 1.54) is 23.3 Å². The number of nitrogens with zero attached hydrogens (tertiary/aromatic N) is 4. The first kappa shape index (κ1) is 25.5. The van der Waals surface area contributed by atoms with Crippen molar-refractivity contribution in [2.24, 2.45) is 0 Å². The van der Waals surface area contributed by atoms with Gasteiger partial charge in [0.25, 0.3) is 5.56 Å². The monoisotopic (exact) mass is 538 g/mol. The van der Waals surface area contributed by atoms with E-state index in [2.05, 4.69) is 79.2 Å². The lowest BCUT2D eigenvalue weighted by molar-refractivity contribution is 0.185. The Kier molecular flexibility index (Phi) is 6.79. The first-order chi connectivity index (χ1) is 19.0. The highest BCUT2D eigenvalue weighted by atomic mass is 32.1. The van der Waals surface area contributed by atoms with Crippen molar-refractivity contribution in [3.05, 3.63) is 123 Å². The Bertz CT molecular complexity index is 1660. The third kappa shape index (κ3) is 4.36. The molecule has 0 spiro atoms. The van der Waals surface area contributed by atoms with Crippen LogP contribution >= 0.6 is 11.3 Å². The predicted octanol–water partition coefficient (Wildman–Crippen LogP) is 6.75. The molecular weight excluding hydrogens is 507 g/mol. The van der Waals surface area contributed by atoms with Crippen LogP contribution in [0.1, 0.15) is 47.5 Å². The highest BCUT2D eigenvalue weighted by Crippen LogP contribution is 2.48. The quantitative estimate of drug-likeness (QED) is 0.240. The van der Waals surface area contributed by atoms with Gasteiger partial charge in [0.15, 0.2) is 0 Å². The first-order valence-electron chi connectivity index (χ1n) is 13.4. The molecule has 0 radical (unpaired) electrons. The van der Waals surface area contributed by atoms with Crippen molar-refractivity contribution in [1.82, 2.24) is 14.5 Å². The van der Waals surface area contributed by atoms with Crippen LogP contribution in [-0.4, -0.2) is 34.6 Å². The van der Waals surface area contributed by atoms with Crippen molar-refractivity contribution in [3.63, 3.8) is 0 Å². The number of thiophene rings is 1. The smallest absolute Gasteiger partial charge is 0.268 e. The van der Waals surface area contributed by atoms with Crippen LogP contribution in [0.5, 0.6) is 0 Å². The van der Waals surface area contributed by atoms with Gasteiger partial charge in [-0.15, -0.1) is 11.3 Å². The van der Waals surface area contributed by atoms with Crippen molar-refractivity contribution in [2.45, 2.75) is 32.4 Å². The molecule has 6 rings (SSSR count). The second-order valence-corrected chi connectivity index (χ2v) is 11.0. The van der Waals surface area contributed by atoms with Crippen molar-refractivity contribution in [1.29, 1.82) is 0 Å². The number of fused-ring (bicyclic) bond motifs is 3. The lowest BCUT2D eigenvalue weighted by atomic mass is 9.87. The molecule has 1 aliphatic rings. The molecule has 0 saturated heterocycles.